The second kappa shape index (κ2) is 10.2. The number of hydrogen-bond acceptors (Lipinski definition) is 5. The molecule has 0 saturated heterocycles. The third-order valence-electron chi connectivity index (χ3n) is 6.65. The van der Waals surface area contributed by atoms with Crippen molar-refractivity contribution in [3.8, 4) is 17.2 Å². The lowest BCUT2D eigenvalue weighted by Gasteiger charge is -2.18. The van der Waals surface area contributed by atoms with Crippen LogP contribution in [-0.2, 0) is 22.4 Å². The minimum atomic E-state index is -0.799. The summed E-state index contributed by atoms with van der Waals surface area (Å²) in [7, 11) is 0. The van der Waals surface area contributed by atoms with Crippen LogP contribution in [0.15, 0.2) is 6.07 Å². The Hall–Kier alpha value is -2.44. The van der Waals surface area contributed by atoms with Gasteiger partial charge in [0.1, 0.15) is 5.75 Å². The molecule has 7 nitrogen and oxygen atoms in total. The topological polar surface area (TPSA) is 135 Å². The number of carboxylic acids is 2. The fourth-order valence-corrected chi connectivity index (χ4v) is 4.00. The molecule has 5 N–H and O–H groups in total. The smallest absolute Gasteiger partial charge is 0.309 e. The highest BCUT2D eigenvalue weighted by Crippen LogP contribution is 2.50. The number of phenols is 3. The number of carboxylic acid groups (broad SMARTS) is 2. The highest BCUT2D eigenvalue weighted by atomic mass is 16.4. The van der Waals surface area contributed by atoms with Gasteiger partial charge in [0, 0.05) is 11.1 Å². The number of carbonyl (C=O) groups is 2. The quantitative estimate of drug-likeness (QED) is 0.158. The molecular formula is C24H36O7. The largest absolute Gasteiger partial charge is 0.508 e. The standard InChI is InChI=1S/C24H36O7/c1-23(2,21(28)29)11-7-4-3-5-10-17-18(25)15-16(19(26)20(17)27)9-6-8-12-24(13-14-24)22(30)31/h15,25-27H,3-14H2,1-2H3,(H,28,29)(H,30,31). The summed E-state index contributed by atoms with van der Waals surface area (Å²) in [6, 6.07) is 1.49. The van der Waals surface area contributed by atoms with Crippen LogP contribution in [0.2, 0.25) is 0 Å². The molecular weight excluding hydrogens is 400 g/mol. The summed E-state index contributed by atoms with van der Waals surface area (Å²) in [5.74, 6) is -2.07. The summed E-state index contributed by atoms with van der Waals surface area (Å²) in [5.41, 5.74) is -0.491. The first-order chi connectivity index (χ1) is 14.5. The van der Waals surface area contributed by atoms with Gasteiger partial charge in [-0.15, -0.1) is 0 Å². The van der Waals surface area contributed by atoms with Gasteiger partial charge in [-0.05, 0) is 71.3 Å². The van der Waals surface area contributed by atoms with E-state index in [9.17, 15) is 30.0 Å². The first kappa shape index (κ1) is 24.8. The zero-order valence-electron chi connectivity index (χ0n) is 18.6. The van der Waals surface area contributed by atoms with Crippen LogP contribution in [0.25, 0.3) is 0 Å². The van der Waals surface area contributed by atoms with Gasteiger partial charge in [-0.1, -0.05) is 25.7 Å². The molecule has 1 saturated carbocycles. The molecule has 0 heterocycles. The summed E-state index contributed by atoms with van der Waals surface area (Å²) in [5, 5.41) is 49.3. The summed E-state index contributed by atoms with van der Waals surface area (Å²) in [6.45, 7) is 3.43. The molecule has 0 aliphatic heterocycles. The molecule has 7 heteroatoms. The molecule has 0 spiro atoms. The fraction of sp³-hybridized carbons (Fsp3) is 0.667. The van der Waals surface area contributed by atoms with Crippen LogP contribution in [0.4, 0.5) is 0 Å². The van der Waals surface area contributed by atoms with Gasteiger partial charge in [-0.3, -0.25) is 9.59 Å². The van der Waals surface area contributed by atoms with Crippen LogP contribution in [0.3, 0.4) is 0 Å². The molecule has 0 radical (unpaired) electrons. The normalized spacial score (nSPS) is 15.0. The number of aromatic hydroxyl groups is 3. The van der Waals surface area contributed by atoms with E-state index in [4.69, 9.17) is 5.11 Å². The van der Waals surface area contributed by atoms with E-state index in [2.05, 4.69) is 0 Å². The molecule has 31 heavy (non-hydrogen) atoms. The predicted octanol–water partition coefficient (Wildman–Crippen LogP) is 4.98. The van der Waals surface area contributed by atoms with E-state index in [1.165, 1.54) is 6.07 Å². The predicted molar refractivity (Wildman–Crippen MR) is 117 cm³/mol. The van der Waals surface area contributed by atoms with E-state index in [-0.39, 0.29) is 17.2 Å². The average molecular weight is 437 g/mol. The molecule has 0 bridgehead atoms. The lowest BCUT2D eigenvalue weighted by Crippen LogP contribution is -2.23. The number of rotatable bonds is 14. The Balaban J connectivity index is 1.79. The lowest BCUT2D eigenvalue weighted by molar-refractivity contribution is -0.147. The molecule has 0 unspecified atom stereocenters. The van der Waals surface area contributed by atoms with E-state index in [0.717, 1.165) is 32.1 Å². The van der Waals surface area contributed by atoms with Gasteiger partial charge < -0.3 is 25.5 Å². The average Bonchev–Trinajstić information content (AvgIpc) is 3.48. The van der Waals surface area contributed by atoms with Gasteiger partial charge in [-0.2, -0.15) is 0 Å². The molecule has 0 atom stereocenters. The number of unbranched alkanes of at least 4 members (excludes halogenated alkanes) is 4. The van der Waals surface area contributed by atoms with Gasteiger partial charge in [0.2, 0.25) is 0 Å². The molecule has 1 aliphatic rings. The van der Waals surface area contributed by atoms with Crippen LogP contribution in [0.5, 0.6) is 17.2 Å². The minimum absolute atomic E-state index is 0.0403. The summed E-state index contributed by atoms with van der Waals surface area (Å²) < 4.78 is 0. The molecule has 1 aromatic carbocycles. The molecule has 174 valence electrons. The molecule has 0 aromatic heterocycles. The number of hydrogen-bond donors (Lipinski definition) is 5. The zero-order chi connectivity index (χ0) is 23.2. The van der Waals surface area contributed by atoms with Crippen molar-refractivity contribution >= 4 is 11.9 Å². The fourth-order valence-electron chi connectivity index (χ4n) is 4.00. The van der Waals surface area contributed by atoms with Crippen LogP contribution in [-0.4, -0.2) is 37.5 Å². The zero-order valence-corrected chi connectivity index (χ0v) is 18.6. The van der Waals surface area contributed by atoms with E-state index in [1.54, 1.807) is 13.8 Å². The Labute approximate surface area is 183 Å². The molecule has 1 aliphatic carbocycles. The first-order valence-electron chi connectivity index (χ1n) is 11.2. The maximum Gasteiger partial charge on any atom is 0.309 e. The van der Waals surface area contributed by atoms with E-state index >= 15 is 0 Å². The van der Waals surface area contributed by atoms with Gasteiger partial charge in [0.15, 0.2) is 11.5 Å². The van der Waals surface area contributed by atoms with Crippen molar-refractivity contribution in [2.45, 2.75) is 90.9 Å². The van der Waals surface area contributed by atoms with Crippen LogP contribution in [0, 0.1) is 10.8 Å². The van der Waals surface area contributed by atoms with Crippen LogP contribution >= 0.6 is 0 Å². The van der Waals surface area contributed by atoms with Crippen LogP contribution in [0.1, 0.15) is 89.2 Å². The maximum atomic E-state index is 11.2. The second-order valence-corrected chi connectivity index (χ2v) is 9.63. The monoisotopic (exact) mass is 436 g/mol. The number of phenolic OH excluding ortho intramolecular Hbond substituents is 3. The summed E-state index contributed by atoms with van der Waals surface area (Å²) in [4.78, 5) is 22.3. The minimum Gasteiger partial charge on any atom is -0.508 e. The highest BCUT2D eigenvalue weighted by Gasteiger charge is 2.49. The third-order valence-corrected chi connectivity index (χ3v) is 6.65. The highest BCUT2D eigenvalue weighted by molar-refractivity contribution is 5.77. The Bertz CT molecular complexity index is 794. The molecule has 2 rings (SSSR count). The van der Waals surface area contributed by atoms with Crippen molar-refractivity contribution in [3.05, 3.63) is 17.2 Å². The molecule has 1 fully saturated rings. The molecule has 0 amide bonds. The van der Waals surface area contributed by atoms with Gasteiger partial charge in [-0.25, -0.2) is 0 Å². The van der Waals surface area contributed by atoms with Crippen LogP contribution < -0.4 is 0 Å². The third kappa shape index (κ3) is 6.52. The number of aryl methyl sites for hydroxylation is 1. The summed E-state index contributed by atoms with van der Waals surface area (Å²) in [6.07, 6.45) is 8.14. The Morgan fingerprint density at radius 2 is 1.52 bits per heavy atom. The Morgan fingerprint density at radius 3 is 2.10 bits per heavy atom. The second-order valence-electron chi connectivity index (χ2n) is 9.63. The Morgan fingerprint density at radius 1 is 0.903 bits per heavy atom. The Kier molecular flexibility index (Phi) is 8.21. The first-order valence-corrected chi connectivity index (χ1v) is 11.2. The van der Waals surface area contributed by atoms with Crippen molar-refractivity contribution in [1.29, 1.82) is 0 Å². The van der Waals surface area contributed by atoms with Crippen molar-refractivity contribution in [2.24, 2.45) is 10.8 Å². The van der Waals surface area contributed by atoms with Gasteiger partial charge >= 0.3 is 11.9 Å². The number of aliphatic carboxylic acids is 2. The van der Waals surface area contributed by atoms with E-state index in [0.29, 0.717) is 56.1 Å². The molecule has 1 aromatic rings. The van der Waals surface area contributed by atoms with Gasteiger partial charge in [0.25, 0.3) is 0 Å². The summed E-state index contributed by atoms with van der Waals surface area (Å²) >= 11 is 0. The maximum absolute atomic E-state index is 11.2. The SMILES string of the molecule is CC(C)(CCCCCCc1c(O)cc(CCCCC2(C(=O)O)CC2)c(O)c1O)C(=O)O. The van der Waals surface area contributed by atoms with Crippen molar-refractivity contribution in [3.63, 3.8) is 0 Å². The lowest BCUT2D eigenvalue weighted by atomic mass is 9.87. The van der Waals surface area contributed by atoms with Gasteiger partial charge in [0.05, 0.1) is 10.8 Å². The van der Waals surface area contributed by atoms with Crippen molar-refractivity contribution in [1.82, 2.24) is 0 Å². The number of benzene rings is 1. The van der Waals surface area contributed by atoms with E-state index in [1.807, 2.05) is 0 Å². The van der Waals surface area contributed by atoms with E-state index < -0.39 is 22.8 Å². The van der Waals surface area contributed by atoms with Crippen molar-refractivity contribution < 1.29 is 35.1 Å². The van der Waals surface area contributed by atoms with Crippen molar-refractivity contribution in [2.75, 3.05) is 0 Å².